The average molecular weight is 366 g/mol. The van der Waals surface area contributed by atoms with Crippen LogP contribution in [0.2, 0.25) is 10.0 Å². The van der Waals surface area contributed by atoms with Crippen molar-refractivity contribution in [2.75, 3.05) is 5.32 Å². The van der Waals surface area contributed by atoms with Gasteiger partial charge in [-0.15, -0.1) is 0 Å². The number of pyridine rings is 1. The van der Waals surface area contributed by atoms with E-state index in [1.807, 2.05) is 13.8 Å². The molecular formula is C17H17Cl2N3O2. The number of carbonyl (C=O) groups excluding carboxylic acids is 2. The van der Waals surface area contributed by atoms with Gasteiger partial charge in [0, 0.05) is 23.5 Å². The molecule has 1 unspecified atom stereocenters. The van der Waals surface area contributed by atoms with Crippen molar-refractivity contribution in [3.63, 3.8) is 0 Å². The van der Waals surface area contributed by atoms with Gasteiger partial charge in [0.1, 0.15) is 0 Å². The van der Waals surface area contributed by atoms with Crippen LogP contribution >= 0.6 is 23.2 Å². The number of benzene rings is 1. The molecule has 0 aliphatic heterocycles. The highest BCUT2D eigenvalue weighted by atomic mass is 35.5. The molecule has 24 heavy (non-hydrogen) atoms. The zero-order valence-corrected chi connectivity index (χ0v) is 14.8. The summed E-state index contributed by atoms with van der Waals surface area (Å²) in [5, 5.41) is 6.31. The molecule has 0 saturated heterocycles. The maximum atomic E-state index is 12.3. The smallest absolute Gasteiger partial charge is 0.257 e. The molecular weight excluding hydrogens is 349 g/mol. The van der Waals surface area contributed by atoms with Gasteiger partial charge in [0.15, 0.2) is 0 Å². The Labute approximate surface area is 150 Å². The molecule has 1 heterocycles. The Morgan fingerprint density at radius 1 is 1.12 bits per heavy atom. The molecule has 2 rings (SSSR count). The Hall–Kier alpha value is -2.11. The Morgan fingerprint density at radius 2 is 1.79 bits per heavy atom. The van der Waals surface area contributed by atoms with Crippen LogP contribution in [-0.4, -0.2) is 22.8 Å². The second-order valence-corrected chi connectivity index (χ2v) is 6.17. The van der Waals surface area contributed by atoms with Crippen LogP contribution in [-0.2, 0) is 0 Å². The van der Waals surface area contributed by atoms with E-state index < -0.39 is 5.91 Å². The second-order valence-electron chi connectivity index (χ2n) is 5.32. The molecule has 0 radical (unpaired) electrons. The van der Waals surface area contributed by atoms with Crippen LogP contribution in [0.1, 0.15) is 41.0 Å². The zero-order chi connectivity index (χ0) is 17.7. The molecule has 0 saturated carbocycles. The van der Waals surface area contributed by atoms with Gasteiger partial charge in [-0.3, -0.25) is 14.6 Å². The molecule has 2 amide bonds. The molecule has 0 spiro atoms. The first-order valence-electron chi connectivity index (χ1n) is 7.43. The molecule has 0 aliphatic rings. The lowest BCUT2D eigenvalue weighted by atomic mass is 10.1. The van der Waals surface area contributed by atoms with E-state index in [0.29, 0.717) is 21.3 Å². The van der Waals surface area contributed by atoms with Crippen molar-refractivity contribution in [3.8, 4) is 0 Å². The second kappa shape index (κ2) is 8.13. The van der Waals surface area contributed by atoms with Crippen molar-refractivity contribution < 1.29 is 9.59 Å². The first kappa shape index (κ1) is 18.2. The number of carbonyl (C=O) groups is 2. The third-order valence-electron chi connectivity index (χ3n) is 3.43. The molecule has 2 N–H and O–H groups in total. The topological polar surface area (TPSA) is 71.1 Å². The standard InChI is InChI=1S/C17H17Cl2N3O2/c1-3-10(2)21-16(23)11-6-12(9-20-8-11)17(24)22-15-7-13(18)4-5-14(15)19/h4-10H,3H2,1-2H3,(H,21,23)(H,22,24). The molecule has 7 heteroatoms. The lowest BCUT2D eigenvalue weighted by molar-refractivity contribution is 0.0939. The van der Waals surface area contributed by atoms with Crippen molar-refractivity contribution in [1.29, 1.82) is 0 Å². The maximum Gasteiger partial charge on any atom is 0.257 e. The number of hydrogen-bond acceptors (Lipinski definition) is 3. The fourth-order valence-corrected chi connectivity index (χ4v) is 2.22. The van der Waals surface area contributed by atoms with E-state index in [-0.39, 0.29) is 17.5 Å². The van der Waals surface area contributed by atoms with Crippen molar-refractivity contribution in [3.05, 3.63) is 57.8 Å². The lowest BCUT2D eigenvalue weighted by Gasteiger charge is -2.12. The van der Waals surface area contributed by atoms with Crippen LogP contribution in [0, 0.1) is 0 Å². The summed E-state index contributed by atoms with van der Waals surface area (Å²) in [6.07, 6.45) is 3.61. The van der Waals surface area contributed by atoms with E-state index in [1.54, 1.807) is 18.2 Å². The van der Waals surface area contributed by atoms with Crippen LogP contribution in [0.25, 0.3) is 0 Å². The van der Waals surface area contributed by atoms with Gasteiger partial charge in [0.25, 0.3) is 11.8 Å². The lowest BCUT2D eigenvalue weighted by Crippen LogP contribution is -2.32. The van der Waals surface area contributed by atoms with Crippen LogP contribution in [0.15, 0.2) is 36.7 Å². The highest BCUT2D eigenvalue weighted by Crippen LogP contribution is 2.25. The quantitative estimate of drug-likeness (QED) is 0.834. The first-order valence-corrected chi connectivity index (χ1v) is 8.18. The summed E-state index contributed by atoms with van der Waals surface area (Å²) in [6.45, 7) is 3.88. The Bertz CT molecular complexity index is 765. The predicted octanol–water partition coefficient (Wildman–Crippen LogP) is 4.17. The fraction of sp³-hybridized carbons (Fsp3) is 0.235. The van der Waals surface area contributed by atoms with Gasteiger partial charge in [0.05, 0.1) is 21.8 Å². The monoisotopic (exact) mass is 365 g/mol. The molecule has 0 bridgehead atoms. The molecule has 1 aromatic heterocycles. The van der Waals surface area contributed by atoms with E-state index in [1.165, 1.54) is 18.5 Å². The Morgan fingerprint density at radius 3 is 2.46 bits per heavy atom. The summed E-state index contributed by atoms with van der Waals surface area (Å²) >= 11 is 11.9. The van der Waals surface area contributed by atoms with E-state index in [4.69, 9.17) is 23.2 Å². The predicted molar refractivity (Wildman–Crippen MR) is 95.9 cm³/mol. The van der Waals surface area contributed by atoms with Crippen molar-refractivity contribution in [2.24, 2.45) is 0 Å². The minimum absolute atomic E-state index is 0.0419. The molecule has 126 valence electrons. The van der Waals surface area contributed by atoms with E-state index >= 15 is 0 Å². The Kier molecular flexibility index (Phi) is 6.17. The summed E-state index contributed by atoms with van der Waals surface area (Å²) in [7, 11) is 0. The van der Waals surface area contributed by atoms with Crippen molar-refractivity contribution >= 4 is 40.7 Å². The van der Waals surface area contributed by atoms with Crippen molar-refractivity contribution in [2.45, 2.75) is 26.3 Å². The van der Waals surface area contributed by atoms with Crippen LogP contribution in [0.5, 0.6) is 0 Å². The highest BCUT2D eigenvalue weighted by Gasteiger charge is 2.14. The fourth-order valence-electron chi connectivity index (χ4n) is 1.89. The van der Waals surface area contributed by atoms with Gasteiger partial charge >= 0.3 is 0 Å². The maximum absolute atomic E-state index is 12.3. The summed E-state index contributed by atoms with van der Waals surface area (Å²) in [6, 6.07) is 6.29. The summed E-state index contributed by atoms with van der Waals surface area (Å²) in [4.78, 5) is 28.4. The van der Waals surface area contributed by atoms with Crippen LogP contribution < -0.4 is 10.6 Å². The number of nitrogens with one attached hydrogen (secondary N) is 2. The molecule has 1 atom stereocenters. The van der Waals surface area contributed by atoms with Crippen molar-refractivity contribution in [1.82, 2.24) is 10.3 Å². The Balaban J connectivity index is 2.17. The highest BCUT2D eigenvalue weighted by molar-refractivity contribution is 6.35. The number of halogens is 2. The summed E-state index contributed by atoms with van der Waals surface area (Å²) < 4.78 is 0. The number of rotatable bonds is 5. The average Bonchev–Trinajstić information content (AvgIpc) is 2.58. The van der Waals surface area contributed by atoms with Crippen LogP contribution in [0.3, 0.4) is 0 Å². The van der Waals surface area contributed by atoms with E-state index in [2.05, 4.69) is 15.6 Å². The molecule has 0 aliphatic carbocycles. The summed E-state index contributed by atoms with van der Waals surface area (Å²) in [5.74, 6) is -0.697. The normalized spacial score (nSPS) is 11.7. The number of hydrogen-bond donors (Lipinski definition) is 2. The van der Waals surface area contributed by atoms with Gasteiger partial charge in [-0.05, 0) is 37.6 Å². The molecule has 0 fully saturated rings. The molecule has 1 aromatic carbocycles. The van der Waals surface area contributed by atoms with Gasteiger partial charge in [-0.25, -0.2) is 0 Å². The van der Waals surface area contributed by atoms with Crippen LogP contribution in [0.4, 0.5) is 5.69 Å². The minimum Gasteiger partial charge on any atom is -0.350 e. The number of nitrogens with zero attached hydrogens (tertiary/aromatic N) is 1. The zero-order valence-electron chi connectivity index (χ0n) is 13.3. The SMILES string of the molecule is CCC(C)NC(=O)c1cncc(C(=O)Nc2cc(Cl)ccc2Cl)c1. The molecule has 2 aromatic rings. The minimum atomic E-state index is -0.426. The van der Waals surface area contributed by atoms with Gasteiger partial charge in [-0.1, -0.05) is 30.1 Å². The van der Waals surface area contributed by atoms with Gasteiger partial charge in [0.2, 0.25) is 0 Å². The van der Waals surface area contributed by atoms with E-state index in [0.717, 1.165) is 6.42 Å². The van der Waals surface area contributed by atoms with Gasteiger partial charge < -0.3 is 10.6 Å². The first-order chi connectivity index (χ1) is 11.4. The number of aromatic nitrogens is 1. The van der Waals surface area contributed by atoms with Gasteiger partial charge in [-0.2, -0.15) is 0 Å². The third-order valence-corrected chi connectivity index (χ3v) is 3.99. The largest absolute Gasteiger partial charge is 0.350 e. The summed E-state index contributed by atoms with van der Waals surface area (Å²) in [5.41, 5.74) is 0.964. The number of anilines is 1. The third kappa shape index (κ3) is 4.69. The van der Waals surface area contributed by atoms with E-state index in [9.17, 15) is 9.59 Å². The molecule has 5 nitrogen and oxygen atoms in total. The number of amides is 2.